The van der Waals surface area contributed by atoms with E-state index in [1.54, 1.807) is 20.8 Å². The number of esters is 1. The molecule has 1 saturated carbocycles. The predicted molar refractivity (Wildman–Crippen MR) is 133 cm³/mol. The number of amides is 4. The molecule has 39 heavy (non-hydrogen) atoms. The van der Waals surface area contributed by atoms with Gasteiger partial charge in [0.15, 0.2) is 0 Å². The van der Waals surface area contributed by atoms with Crippen LogP contribution in [0.3, 0.4) is 0 Å². The lowest BCUT2D eigenvalue weighted by Crippen LogP contribution is -2.61. The summed E-state index contributed by atoms with van der Waals surface area (Å²) in [4.78, 5) is 71.1. The molecule has 0 N–H and O–H groups in total. The molecule has 2 aromatic rings. The highest BCUT2D eigenvalue weighted by Crippen LogP contribution is 2.68. The number of carbonyl (C=O) groups excluding carboxylic acids is 5. The average molecular weight is 535 g/mol. The molecule has 200 valence electrons. The molecule has 7 rings (SSSR count). The Morgan fingerprint density at radius 1 is 0.769 bits per heavy atom. The van der Waals surface area contributed by atoms with E-state index < -0.39 is 76.2 Å². The van der Waals surface area contributed by atoms with E-state index in [9.17, 15) is 32.8 Å². The third-order valence-corrected chi connectivity index (χ3v) is 8.85. The van der Waals surface area contributed by atoms with E-state index in [4.69, 9.17) is 4.74 Å². The molecule has 2 heterocycles. The molecule has 4 amide bonds. The fourth-order valence-corrected chi connectivity index (χ4v) is 7.50. The molecule has 2 aliphatic heterocycles. The van der Waals surface area contributed by atoms with Crippen LogP contribution in [0.2, 0.25) is 0 Å². The monoisotopic (exact) mass is 534 g/mol. The zero-order valence-electron chi connectivity index (χ0n) is 21.3. The van der Waals surface area contributed by atoms with Gasteiger partial charge in [0, 0.05) is 16.9 Å². The number of imide groups is 2. The fraction of sp³-hybridized carbons (Fsp3) is 0.345. The Kier molecular flexibility index (Phi) is 5.40. The van der Waals surface area contributed by atoms with Crippen LogP contribution in [0, 0.1) is 46.6 Å². The van der Waals surface area contributed by atoms with E-state index >= 15 is 0 Å². The SMILES string of the molecule is CCOC(=O)C1=C(C)C2[C@H]3C(=O)N(c4ccc(F)cc4)C(=O)[C@H]3C1(C)[C@H]1C(=O)N(c3ccc(F)cc3)C(=O)[C@@H]21. The van der Waals surface area contributed by atoms with E-state index in [-0.39, 0.29) is 23.6 Å². The summed E-state index contributed by atoms with van der Waals surface area (Å²) in [6.45, 7) is 4.88. The number of ether oxygens (including phenoxy) is 1. The summed E-state index contributed by atoms with van der Waals surface area (Å²) in [5, 5.41) is 0. The van der Waals surface area contributed by atoms with Crippen LogP contribution in [0.25, 0.3) is 0 Å². The lowest BCUT2D eigenvalue weighted by Gasteiger charge is -2.55. The molecule has 3 aliphatic carbocycles. The summed E-state index contributed by atoms with van der Waals surface area (Å²) in [7, 11) is 0. The fourth-order valence-electron chi connectivity index (χ4n) is 7.50. The lowest BCUT2D eigenvalue weighted by molar-refractivity contribution is -0.155. The van der Waals surface area contributed by atoms with E-state index in [1.165, 1.54) is 24.3 Å². The van der Waals surface area contributed by atoms with Crippen LogP contribution in [0.5, 0.6) is 0 Å². The normalized spacial score (nSPS) is 31.3. The average Bonchev–Trinajstić information content (AvgIpc) is 3.32. The number of carbonyl (C=O) groups is 5. The summed E-state index contributed by atoms with van der Waals surface area (Å²) >= 11 is 0. The van der Waals surface area contributed by atoms with Gasteiger partial charge in [0.2, 0.25) is 23.6 Å². The topological polar surface area (TPSA) is 101 Å². The summed E-state index contributed by atoms with van der Waals surface area (Å²) in [6.07, 6.45) is 0. The molecule has 0 aromatic heterocycles. The molecule has 2 unspecified atom stereocenters. The van der Waals surface area contributed by atoms with Gasteiger partial charge in [-0.3, -0.25) is 29.0 Å². The molecule has 8 nitrogen and oxygen atoms in total. The molecule has 3 fully saturated rings. The van der Waals surface area contributed by atoms with Crippen molar-refractivity contribution in [3.8, 4) is 0 Å². The van der Waals surface area contributed by atoms with Gasteiger partial charge >= 0.3 is 5.97 Å². The van der Waals surface area contributed by atoms with Gasteiger partial charge in [-0.1, -0.05) is 12.5 Å². The number of nitrogens with zero attached hydrogens (tertiary/aromatic N) is 2. The molecular formula is C29H24F2N2O6. The van der Waals surface area contributed by atoms with Crippen molar-refractivity contribution in [1.29, 1.82) is 0 Å². The smallest absolute Gasteiger partial charge is 0.334 e. The van der Waals surface area contributed by atoms with Gasteiger partial charge < -0.3 is 4.74 Å². The molecule has 10 heteroatoms. The van der Waals surface area contributed by atoms with E-state index in [0.29, 0.717) is 5.57 Å². The van der Waals surface area contributed by atoms with Crippen molar-refractivity contribution >= 4 is 41.0 Å². The Balaban J connectivity index is 1.54. The second-order valence-corrected chi connectivity index (χ2v) is 10.6. The third-order valence-electron chi connectivity index (χ3n) is 8.85. The highest BCUT2D eigenvalue weighted by atomic mass is 19.1. The minimum Gasteiger partial charge on any atom is -0.463 e. The Morgan fingerprint density at radius 3 is 1.56 bits per heavy atom. The number of hydrogen-bond donors (Lipinski definition) is 0. The Morgan fingerprint density at radius 2 is 1.18 bits per heavy atom. The van der Waals surface area contributed by atoms with Crippen LogP contribution in [0.1, 0.15) is 20.8 Å². The largest absolute Gasteiger partial charge is 0.463 e. The van der Waals surface area contributed by atoms with Gasteiger partial charge in [0.1, 0.15) is 11.6 Å². The minimum absolute atomic E-state index is 0.0434. The number of anilines is 2. The van der Waals surface area contributed by atoms with Gasteiger partial charge in [0.25, 0.3) is 0 Å². The van der Waals surface area contributed by atoms with Crippen LogP contribution >= 0.6 is 0 Å². The molecule has 0 radical (unpaired) electrons. The van der Waals surface area contributed by atoms with Gasteiger partial charge in [-0.15, -0.1) is 0 Å². The number of benzene rings is 2. The summed E-state index contributed by atoms with van der Waals surface area (Å²) in [6, 6.07) is 9.76. The number of halogens is 2. The van der Waals surface area contributed by atoms with Crippen molar-refractivity contribution in [3.05, 3.63) is 71.3 Å². The first-order valence-electron chi connectivity index (χ1n) is 12.7. The van der Waals surface area contributed by atoms with Crippen molar-refractivity contribution in [2.75, 3.05) is 16.4 Å². The second-order valence-electron chi connectivity index (χ2n) is 10.6. The van der Waals surface area contributed by atoms with Crippen LogP contribution in [0.15, 0.2) is 59.7 Å². The zero-order chi connectivity index (χ0) is 28.0. The molecule has 2 bridgehead atoms. The standard InChI is InChI=1S/C29H24F2N2O6/c1-4-39-28(38)21-13(2)18-19-22(26(36)32(24(19)34)16-9-5-14(30)6-10-16)29(21,3)23-20(18)25(35)33(27(23)37)17-11-7-15(31)8-12-17/h5-12,18-20,22-23H,4H2,1-3H3/t18?,19-,20+,22+,23-,29?. The van der Waals surface area contributed by atoms with Crippen molar-refractivity contribution in [1.82, 2.24) is 0 Å². The number of hydrogen-bond acceptors (Lipinski definition) is 6. The first-order valence-corrected chi connectivity index (χ1v) is 12.7. The molecule has 2 saturated heterocycles. The number of rotatable bonds is 4. The Bertz CT molecular complexity index is 1410. The zero-order valence-corrected chi connectivity index (χ0v) is 21.3. The molecule has 5 aliphatic rings. The maximum atomic E-state index is 14.0. The van der Waals surface area contributed by atoms with Crippen molar-refractivity contribution in [3.63, 3.8) is 0 Å². The van der Waals surface area contributed by atoms with E-state index in [2.05, 4.69) is 0 Å². The minimum atomic E-state index is -1.55. The predicted octanol–water partition coefficient (Wildman–Crippen LogP) is 3.41. The lowest BCUT2D eigenvalue weighted by atomic mass is 9.43. The first-order chi connectivity index (χ1) is 18.5. The molecular weight excluding hydrogens is 510 g/mol. The van der Waals surface area contributed by atoms with Crippen molar-refractivity contribution in [2.24, 2.45) is 35.0 Å². The van der Waals surface area contributed by atoms with Gasteiger partial charge in [-0.25, -0.2) is 13.6 Å². The van der Waals surface area contributed by atoms with Gasteiger partial charge in [-0.2, -0.15) is 0 Å². The molecule has 6 atom stereocenters. The maximum Gasteiger partial charge on any atom is 0.334 e. The highest BCUT2D eigenvalue weighted by Gasteiger charge is 2.77. The highest BCUT2D eigenvalue weighted by molar-refractivity contribution is 6.27. The van der Waals surface area contributed by atoms with E-state index in [1.807, 2.05) is 0 Å². The third kappa shape index (κ3) is 3.11. The van der Waals surface area contributed by atoms with Gasteiger partial charge in [0.05, 0.1) is 41.7 Å². The molecule has 0 spiro atoms. The summed E-state index contributed by atoms with van der Waals surface area (Å²) in [5.74, 6) is -9.42. The maximum absolute atomic E-state index is 14.0. The van der Waals surface area contributed by atoms with Crippen LogP contribution < -0.4 is 9.80 Å². The van der Waals surface area contributed by atoms with Crippen LogP contribution in [0.4, 0.5) is 20.2 Å². The summed E-state index contributed by atoms with van der Waals surface area (Å²) < 4.78 is 32.6. The molecule has 2 aromatic carbocycles. The van der Waals surface area contributed by atoms with Gasteiger partial charge in [-0.05, 0) is 62.4 Å². The first kappa shape index (κ1) is 25.1. The second kappa shape index (κ2) is 8.39. The van der Waals surface area contributed by atoms with Crippen molar-refractivity contribution in [2.45, 2.75) is 20.8 Å². The Labute approximate surface area is 222 Å². The summed E-state index contributed by atoms with van der Waals surface area (Å²) in [5.41, 5.74) is -0.669. The van der Waals surface area contributed by atoms with Crippen molar-refractivity contribution < 1.29 is 37.5 Å². The number of allylic oxidation sites excluding steroid dienone is 1. The van der Waals surface area contributed by atoms with Crippen LogP contribution in [-0.4, -0.2) is 36.2 Å². The quantitative estimate of drug-likeness (QED) is 0.440. The van der Waals surface area contributed by atoms with E-state index in [0.717, 1.165) is 34.1 Å². The Hall–Kier alpha value is -4.21. The van der Waals surface area contributed by atoms with Crippen LogP contribution in [-0.2, 0) is 28.7 Å².